The second kappa shape index (κ2) is 9.04. The van der Waals surface area contributed by atoms with Crippen molar-refractivity contribution >= 4 is 5.91 Å². The van der Waals surface area contributed by atoms with Crippen LogP contribution >= 0.6 is 0 Å². The number of amides is 1. The summed E-state index contributed by atoms with van der Waals surface area (Å²) >= 11 is 0. The van der Waals surface area contributed by atoms with Crippen LogP contribution in [0, 0.1) is 11.8 Å². The fourth-order valence-electron chi connectivity index (χ4n) is 3.32. The lowest BCUT2D eigenvalue weighted by molar-refractivity contribution is -0.123. The Morgan fingerprint density at radius 1 is 1.35 bits per heavy atom. The Bertz CT molecular complexity index is 476. The third kappa shape index (κ3) is 5.96. The molecule has 1 aliphatic rings. The Labute approximate surface area is 139 Å². The Hall–Kier alpha value is -1.39. The van der Waals surface area contributed by atoms with Crippen molar-refractivity contribution in [2.45, 2.75) is 39.2 Å². The number of benzene rings is 1. The molecule has 1 aromatic rings. The lowest BCUT2D eigenvalue weighted by Gasteiger charge is -2.31. The van der Waals surface area contributed by atoms with Crippen molar-refractivity contribution < 1.29 is 9.90 Å². The molecule has 1 aliphatic heterocycles. The van der Waals surface area contributed by atoms with E-state index in [1.54, 1.807) is 0 Å². The highest BCUT2D eigenvalue weighted by Gasteiger charge is 2.22. The van der Waals surface area contributed by atoms with Gasteiger partial charge >= 0.3 is 0 Å². The molecule has 0 radical (unpaired) electrons. The van der Waals surface area contributed by atoms with Gasteiger partial charge in [-0.25, -0.2) is 0 Å². The molecule has 2 unspecified atom stereocenters. The molecule has 4 nitrogen and oxygen atoms in total. The molecular weight excluding hydrogens is 288 g/mol. The first-order chi connectivity index (χ1) is 11.1. The lowest BCUT2D eigenvalue weighted by atomic mass is 9.96. The minimum Gasteiger partial charge on any atom is -0.396 e. The van der Waals surface area contributed by atoms with Crippen LogP contribution in [0.1, 0.15) is 44.7 Å². The number of aliphatic hydroxyl groups excluding tert-OH is 1. The first-order valence-electron chi connectivity index (χ1n) is 8.76. The highest BCUT2D eigenvalue weighted by Crippen LogP contribution is 2.21. The van der Waals surface area contributed by atoms with Gasteiger partial charge in [-0.3, -0.25) is 9.69 Å². The number of nitrogens with zero attached hydrogens (tertiary/aromatic N) is 1. The molecule has 0 bridgehead atoms. The van der Waals surface area contributed by atoms with Crippen LogP contribution in [-0.2, 0) is 4.79 Å². The number of carbonyl (C=O) groups is 1. The van der Waals surface area contributed by atoms with Crippen molar-refractivity contribution in [1.82, 2.24) is 10.2 Å². The molecule has 0 spiro atoms. The van der Waals surface area contributed by atoms with Gasteiger partial charge in [-0.1, -0.05) is 44.2 Å². The van der Waals surface area contributed by atoms with Gasteiger partial charge in [0.05, 0.1) is 12.6 Å². The van der Waals surface area contributed by atoms with Crippen molar-refractivity contribution in [3.8, 4) is 0 Å². The summed E-state index contributed by atoms with van der Waals surface area (Å²) in [4.78, 5) is 14.6. The normalized spacial score (nSPS) is 20.4. The average Bonchev–Trinajstić information content (AvgIpc) is 2.54. The van der Waals surface area contributed by atoms with Crippen molar-refractivity contribution in [2.75, 3.05) is 26.2 Å². The van der Waals surface area contributed by atoms with E-state index in [1.165, 1.54) is 5.56 Å². The standard InChI is InChI=1S/C19H30N2O2/c1-15(2)11-18(17-8-4-3-5-9-17)20-19(23)13-21-10-6-7-16(12-21)14-22/h3-5,8-9,15-16,18,22H,6-7,10-14H2,1-2H3,(H,20,23). The molecule has 0 saturated carbocycles. The number of aliphatic hydroxyl groups is 1. The highest BCUT2D eigenvalue weighted by atomic mass is 16.3. The van der Waals surface area contributed by atoms with Gasteiger partial charge in [0.15, 0.2) is 0 Å². The molecule has 23 heavy (non-hydrogen) atoms. The molecule has 0 aromatic heterocycles. The second-order valence-corrected chi connectivity index (χ2v) is 7.09. The summed E-state index contributed by atoms with van der Waals surface area (Å²) in [5, 5.41) is 12.5. The molecule has 128 valence electrons. The van der Waals surface area contributed by atoms with E-state index in [1.807, 2.05) is 18.2 Å². The number of likely N-dealkylation sites (tertiary alicyclic amines) is 1. The maximum atomic E-state index is 12.5. The number of hydrogen-bond acceptors (Lipinski definition) is 3. The van der Waals surface area contributed by atoms with Gasteiger partial charge in [-0.05, 0) is 43.2 Å². The Balaban J connectivity index is 1.92. The molecule has 2 atom stereocenters. The van der Waals surface area contributed by atoms with E-state index in [2.05, 4.69) is 36.2 Å². The molecule has 1 heterocycles. The predicted molar refractivity (Wildman–Crippen MR) is 93.0 cm³/mol. The van der Waals surface area contributed by atoms with Gasteiger partial charge in [-0.15, -0.1) is 0 Å². The fourth-order valence-corrected chi connectivity index (χ4v) is 3.32. The Kier molecular flexibility index (Phi) is 7.06. The summed E-state index contributed by atoms with van der Waals surface area (Å²) in [6.07, 6.45) is 3.07. The van der Waals surface area contributed by atoms with Crippen molar-refractivity contribution in [2.24, 2.45) is 11.8 Å². The summed E-state index contributed by atoms with van der Waals surface area (Å²) in [5.74, 6) is 0.921. The van der Waals surface area contributed by atoms with Crippen LogP contribution < -0.4 is 5.32 Å². The summed E-state index contributed by atoms with van der Waals surface area (Å²) in [6, 6.07) is 10.3. The first kappa shape index (κ1) is 18.0. The molecule has 1 saturated heterocycles. The number of hydrogen-bond donors (Lipinski definition) is 2. The lowest BCUT2D eigenvalue weighted by Crippen LogP contribution is -2.44. The van der Waals surface area contributed by atoms with E-state index in [4.69, 9.17) is 0 Å². The van der Waals surface area contributed by atoms with Gasteiger partial charge in [0.1, 0.15) is 0 Å². The van der Waals surface area contributed by atoms with E-state index in [0.717, 1.165) is 32.4 Å². The molecule has 1 aromatic carbocycles. The predicted octanol–water partition coefficient (Wildman–Crippen LogP) is 2.59. The van der Waals surface area contributed by atoms with Crippen molar-refractivity contribution in [3.05, 3.63) is 35.9 Å². The van der Waals surface area contributed by atoms with E-state index in [9.17, 15) is 9.90 Å². The monoisotopic (exact) mass is 318 g/mol. The van der Waals surface area contributed by atoms with Gasteiger partial charge < -0.3 is 10.4 Å². The van der Waals surface area contributed by atoms with E-state index < -0.39 is 0 Å². The fraction of sp³-hybridized carbons (Fsp3) is 0.632. The van der Waals surface area contributed by atoms with Crippen LogP contribution in [0.5, 0.6) is 0 Å². The molecular formula is C19H30N2O2. The van der Waals surface area contributed by atoms with E-state index in [0.29, 0.717) is 18.4 Å². The quantitative estimate of drug-likeness (QED) is 0.812. The van der Waals surface area contributed by atoms with Crippen LogP contribution in [0.4, 0.5) is 0 Å². The third-order valence-corrected chi connectivity index (χ3v) is 4.47. The van der Waals surface area contributed by atoms with E-state index >= 15 is 0 Å². The Morgan fingerprint density at radius 2 is 2.09 bits per heavy atom. The van der Waals surface area contributed by atoms with Crippen LogP contribution in [-0.4, -0.2) is 42.2 Å². The summed E-state index contributed by atoms with van der Waals surface area (Å²) in [7, 11) is 0. The maximum Gasteiger partial charge on any atom is 0.234 e. The molecule has 0 aliphatic carbocycles. The zero-order valence-corrected chi connectivity index (χ0v) is 14.4. The minimum absolute atomic E-state index is 0.0714. The molecule has 1 amide bonds. The second-order valence-electron chi connectivity index (χ2n) is 7.09. The zero-order chi connectivity index (χ0) is 16.7. The van der Waals surface area contributed by atoms with Crippen LogP contribution in [0.25, 0.3) is 0 Å². The van der Waals surface area contributed by atoms with Crippen LogP contribution in [0.15, 0.2) is 30.3 Å². The third-order valence-electron chi connectivity index (χ3n) is 4.47. The maximum absolute atomic E-state index is 12.5. The molecule has 2 rings (SSSR count). The van der Waals surface area contributed by atoms with Crippen LogP contribution in [0.3, 0.4) is 0 Å². The number of carbonyl (C=O) groups excluding carboxylic acids is 1. The SMILES string of the molecule is CC(C)CC(NC(=O)CN1CCCC(CO)C1)c1ccccc1. The van der Waals surface area contributed by atoms with Gasteiger partial charge in [0.25, 0.3) is 0 Å². The smallest absolute Gasteiger partial charge is 0.234 e. The number of nitrogens with one attached hydrogen (secondary N) is 1. The summed E-state index contributed by atoms with van der Waals surface area (Å²) < 4.78 is 0. The first-order valence-corrected chi connectivity index (χ1v) is 8.76. The number of rotatable bonds is 7. The summed E-state index contributed by atoms with van der Waals surface area (Å²) in [5.41, 5.74) is 1.17. The highest BCUT2D eigenvalue weighted by molar-refractivity contribution is 5.78. The largest absolute Gasteiger partial charge is 0.396 e. The van der Waals surface area contributed by atoms with Crippen LogP contribution in [0.2, 0.25) is 0 Å². The van der Waals surface area contributed by atoms with Crippen molar-refractivity contribution in [1.29, 1.82) is 0 Å². The Morgan fingerprint density at radius 3 is 2.74 bits per heavy atom. The van der Waals surface area contributed by atoms with E-state index in [-0.39, 0.29) is 18.6 Å². The number of piperidine rings is 1. The van der Waals surface area contributed by atoms with Gasteiger partial charge in [0, 0.05) is 13.2 Å². The summed E-state index contributed by atoms with van der Waals surface area (Å²) in [6.45, 7) is 6.78. The van der Waals surface area contributed by atoms with Crippen molar-refractivity contribution in [3.63, 3.8) is 0 Å². The minimum atomic E-state index is 0.0714. The van der Waals surface area contributed by atoms with Gasteiger partial charge in [0.2, 0.25) is 5.91 Å². The molecule has 2 N–H and O–H groups in total. The average molecular weight is 318 g/mol. The topological polar surface area (TPSA) is 52.6 Å². The molecule has 4 heteroatoms. The zero-order valence-electron chi connectivity index (χ0n) is 14.4. The van der Waals surface area contributed by atoms with Gasteiger partial charge in [-0.2, -0.15) is 0 Å². The molecule has 1 fully saturated rings.